The molecular formula is C21H29N3O2. The van der Waals surface area contributed by atoms with Crippen molar-refractivity contribution in [2.75, 3.05) is 26.3 Å². The van der Waals surface area contributed by atoms with Crippen LogP contribution in [0.5, 0.6) is 0 Å². The summed E-state index contributed by atoms with van der Waals surface area (Å²) in [6.07, 6.45) is 2.63. The summed E-state index contributed by atoms with van der Waals surface area (Å²) in [5.41, 5.74) is 4.06. The van der Waals surface area contributed by atoms with Gasteiger partial charge in [-0.15, -0.1) is 0 Å². The highest BCUT2D eigenvalue weighted by Crippen LogP contribution is 2.21. The standard InChI is InChI=1S/C21H29N3O2/c1-4-26-15-18-9-8-12-23(14-18)21(25)13-20-16(2)22-24(17(20)3)19-10-6-5-7-11-19/h5-7,10-11,18H,4,8-9,12-15H2,1-3H3. The van der Waals surface area contributed by atoms with E-state index < -0.39 is 0 Å². The topological polar surface area (TPSA) is 47.4 Å². The molecule has 1 aromatic carbocycles. The molecule has 3 rings (SSSR count). The zero-order valence-electron chi connectivity index (χ0n) is 16.1. The number of aryl methyl sites for hydroxylation is 1. The van der Waals surface area contributed by atoms with Crippen molar-refractivity contribution in [3.8, 4) is 5.69 Å². The van der Waals surface area contributed by atoms with Crippen molar-refractivity contribution in [2.45, 2.75) is 40.0 Å². The molecule has 1 atom stereocenters. The second-order valence-corrected chi connectivity index (χ2v) is 7.08. The molecule has 2 heterocycles. The van der Waals surface area contributed by atoms with Crippen molar-refractivity contribution in [3.05, 3.63) is 47.3 Å². The van der Waals surface area contributed by atoms with Crippen molar-refractivity contribution in [3.63, 3.8) is 0 Å². The van der Waals surface area contributed by atoms with Gasteiger partial charge in [0, 0.05) is 31.0 Å². The van der Waals surface area contributed by atoms with E-state index in [4.69, 9.17) is 4.74 Å². The third-order valence-electron chi connectivity index (χ3n) is 5.20. The van der Waals surface area contributed by atoms with Gasteiger partial charge in [-0.25, -0.2) is 4.68 Å². The van der Waals surface area contributed by atoms with Gasteiger partial charge in [-0.05, 0) is 51.7 Å². The number of amides is 1. The van der Waals surface area contributed by atoms with Crippen LogP contribution < -0.4 is 0 Å². The van der Waals surface area contributed by atoms with Crippen LogP contribution in [0.4, 0.5) is 0 Å². The highest BCUT2D eigenvalue weighted by Gasteiger charge is 2.25. The molecule has 0 bridgehead atoms. The smallest absolute Gasteiger partial charge is 0.227 e. The number of carbonyl (C=O) groups is 1. The SMILES string of the molecule is CCOCC1CCCN(C(=O)Cc2c(C)nn(-c3ccccc3)c2C)C1. The molecule has 0 spiro atoms. The van der Waals surface area contributed by atoms with Gasteiger partial charge in [0.25, 0.3) is 0 Å². The molecule has 2 aromatic rings. The van der Waals surface area contributed by atoms with Gasteiger partial charge in [0.05, 0.1) is 24.4 Å². The van der Waals surface area contributed by atoms with Crippen molar-refractivity contribution in [1.29, 1.82) is 0 Å². The Kier molecular flexibility index (Phi) is 6.09. The van der Waals surface area contributed by atoms with Gasteiger partial charge >= 0.3 is 0 Å². The summed E-state index contributed by atoms with van der Waals surface area (Å²) in [5.74, 6) is 0.659. The van der Waals surface area contributed by atoms with Crippen LogP contribution in [0.25, 0.3) is 5.69 Å². The normalized spacial score (nSPS) is 17.5. The van der Waals surface area contributed by atoms with Gasteiger partial charge < -0.3 is 9.64 Å². The number of aromatic nitrogens is 2. The first kappa shape index (κ1) is 18.6. The van der Waals surface area contributed by atoms with Crippen molar-refractivity contribution in [1.82, 2.24) is 14.7 Å². The summed E-state index contributed by atoms with van der Waals surface area (Å²) in [6, 6.07) is 10.1. The molecule has 0 N–H and O–H groups in total. The number of piperidine rings is 1. The quantitative estimate of drug-likeness (QED) is 0.799. The largest absolute Gasteiger partial charge is 0.381 e. The molecule has 1 saturated heterocycles. The Balaban J connectivity index is 1.71. The van der Waals surface area contributed by atoms with Crippen LogP contribution in [-0.4, -0.2) is 46.9 Å². The fourth-order valence-corrected chi connectivity index (χ4v) is 3.73. The molecule has 5 nitrogen and oxygen atoms in total. The fourth-order valence-electron chi connectivity index (χ4n) is 3.73. The van der Waals surface area contributed by atoms with Crippen LogP contribution in [-0.2, 0) is 16.0 Å². The average molecular weight is 355 g/mol. The van der Waals surface area contributed by atoms with E-state index in [2.05, 4.69) is 5.10 Å². The van der Waals surface area contributed by atoms with E-state index in [9.17, 15) is 4.79 Å². The Bertz CT molecular complexity index is 739. The van der Waals surface area contributed by atoms with Gasteiger partial charge in [0.2, 0.25) is 5.91 Å². The predicted octanol–water partition coefficient (Wildman–Crippen LogP) is 3.31. The minimum atomic E-state index is 0.199. The van der Waals surface area contributed by atoms with Crippen LogP contribution in [0.1, 0.15) is 36.7 Å². The van der Waals surface area contributed by atoms with Crippen molar-refractivity contribution < 1.29 is 9.53 Å². The van der Waals surface area contributed by atoms with E-state index in [0.29, 0.717) is 12.3 Å². The molecule has 1 fully saturated rings. The fraction of sp³-hybridized carbons (Fsp3) is 0.524. The number of benzene rings is 1. The number of hydrogen-bond acceptors (Lipinski definition) is 3. The number of para-hydroxylation sites is 1. The molecule has 0 radical (unpaired) electrons. The molecule has 0 aliphatic carbocycles. The molecule has 5 heteroatoms. The van der Waals surface area contributed by atoms with Gasteiger partial charge in [0.1, 0.15) is 0 Å². The highest BCUT2D eigenvalue weighted by molar-refractivity contribution is 5.79. The van der Waals surface area contributed by atoms with E-state index in [1.165, 1.54) is 0 Å². The summed E-state index contributed by atoms with van der Waals surface area (Å²) in [7, 11) is 0. The van der Waals surface area contributed by atoms with Gasteiger partial charge in [0.15, 0.2) is 0 Å². The van der Waals surface area contributed by atoms with Gasteiger partial charge in [-0.2, -0.15) is 5.10 Å². The first-order chi connectivity index (χ1) is 12.6. The number of likely N-dealkylation sites (tertiary alicyclic amines) is 1. The monoisotopic (exact) mass is 355 g/mol. The van der Waals surface area contributed by atoms with E-state index >= 15 is 0 Å². The zero-order valence-corrected chi connectivity index (χ0v) is 16.1. The van der Waals surface area contributed by atoms with Gasteiger partial charge in [-0.3, -0.25) is 4.79 Å². The molecule has 1 aliphatic rings. The van der Waals surface area contributed by atoms with Crippen LogP contribution >= 0.6 is 0 Å². The summed E-state index contributed by atoms with van der Waals surface area (Å²) in [5, 5.41) is 4.66. The molecule has 1 aliphatic heterocycles. The van der Waals surface area contributed by atoms with E-state index in [1.54, 1.807) is 0 Å². The lowest BCUT2D eigenvalue weighted by atomic mass is 9.98. The maximum Gasteiger partial charge on any atom is 0.227 e. The molecule has 1 aromatic heterocycles. The minimum Gasteiger partial charge on any atom is -0.381 e. The lowest BCUT2D eigenvalue weighted by Gasteiger charge is -2.32. The number of nitrogens with zero attached hydrogens (tertiary/aromatic N) is 3. The minimum absolute atomic E-state index is 0.199. The predicted molar refractivity (Wildman–Crippen MR) is 103 cm³/mol. The average Bonchev–Trinajstić information content (AvgIpc) is 2.95. The maximum absolute atomic E-state index is 12.9. The molecule has 1 unspecified atom stereocenters. The highest BCUT2D eigenvalue weighted by atomic mass is 16.5. The summed E-state index contributed by atoms with van der Waals surface area (Å²) in [4.78, 5) is 14.9. The number of rotatable bonds is 6. The number of ether oxygens (including phenoxy) is 1. The molecule has 0 saturated carbocycles. The van der Waals surface area contributed by atoms with E-state index in [0.717, 1.165) is 61.8 Å². The lowest BCUT2D eigenvalue weighted by molar-refractivity contribution is -0.132. The van der Waals surface area contributed by atoms with Crippen LogP contribution in [0.2, 0.25) is 0 Å². The van der Waals surface area contributed by atoms with Crippen molar-refractivity contribution >= 4 is 5.91 Å². The Labute approximate surface area is 156 Å². The summed E-state index contributed by atoms with van der Waals surface area (Å²) >= 11 is 0. The zero-order chi connectivity index (χ0) is 18.5. The second kappa shape index (κ2) is 8.49. The molecule has 26 heavy (non-hydrogen) atoms. The van der Waals surface area contributed by atoms with Crippen molar-refractivity contribution in [2.24, 2.45) is 5.92 Å². The Hall–Kier alpha value is -2.14. The third kappa shape index (κ3) is 4.15. The third-order valence-corrected chi connectivity index (χ3v) is 5.20. The Morgan fingerprint density at radius 2 is 2.04 bits per heavy atom. The Morgan fingerprint density at radius 1 is 1.27 bits per heavy atom. The number of carbonyl (C=O) groups excluding carboxylic acids is 1. The second-order valence-electron chi connectivity index (χ2n) is 7.08. The van der Waals surface area contributed by atoms with Crippen LogP contribution in [0.3, 0.4) is 0 Å². The first-order valence-corrected chi connectivity index (χ1v) is 9.56. The maximum atomic E-state index is 12.9. The number of hydrogen-bond donors (Lipinski definition) is 0. The van der Waals surface area contributed by atoms with E-state index in [-0.39, 0.29) is 5.91 Å². The Morgan fingerprint density at radius 3 is 2.77 bits per heavy atom. The van der Waals surface area contributed by atoms with Crippen LogP contribution in [0, 0.1) is 19.8 Å². The lowest BCUT2D eigenvalue weighted by Crippen LogP contribution is -2.42. The van der Waals surface area contributed by atoms with Gasteiger partial charge in [-0.1, -0.05) is 18.2 Å². The van der Waals surface area contributed by atoms with Crippen LogP contribution in [0.15, 0.2) is 30.3 Å². The van der Waals surface area contributed by atoms with E-state index in [1.807, 2.05) is 60.7 Å². The molecule has 1 amide bonds. The summed E-state index contributed by atoms with van der Waals surface area (Å²) < 4.78 is 7.50. The summed E-state index contributed by atoms with van der Waals surface area (Å²) in [6.45, 7) is 9.20. The first-order valence-electron chi connectivity index (χ1n) is 9.56. The molecular weight excluding hydrogens is 326 g/mol. The molecule has 140 valence electrons.